The standard InChI is InChI=1S/C41H51N5O6S/c1-4-43(5-2)40(49)46-27-12-13-28(46)23-44(22-27)39(48)41-21-34(41)33-20-29(52-3)14-18-31(33)37-36(25-9-7-6-8-10-25)32-17-11-26(19-35(32)45(37)24-41)38(47)42-53(50,51)30-15-16-30/h11,14,17-20,25,27-28,30,34H,4-10,12-13,15-16,21-24H2,1-3H3,(H,42,47). The number of amides is 4. The van der Waals surface area contributed by atoms with E-state index in [9.17, 15) is 18.0 Å². The largest absolute Gasteiger partial charge is 0.497 e. The van der Waals surface area contributed by atoms with Crippen LogP contribution in [-0.2, 0) is 21.4 Å². The first-order valence-corrected chi connectivity index (χ1v) is 21.4. The fourth-order valence-electron chi connectivity index (χ4n) is 10.4. The summed E-state index contributed by atoms with van der Waals surface area (Å²) in [4.78, 5) is 48.2. The van der Waals surface area contributed by atoms with Gasteiger partial charge in [0, 0.05) is 60.7 Å². The number of rotatable bonds is 8. The Labute approximate surface area is 312 Å². The highest BCUT2D eigenvalue weighted by Crippen LogP contribution is 2.66. The Bertz CT molecular complexity index is 2100. The van der Waals surface area contributed by atoms with E-state index in [-0.39, 0.29) is 29.9 Å². The van der Waals surface area contributed by atoms with E-state index in [2.05, 4.69) is 31.2 Å². The maximum atomic E-state index is 15.2. The molecule has 6 aliphatic rings. The molecule has 3 aromatic rings. The van der Waals surface area contributed by atoms with Crippen LogP contribution in [0.3, 0.4) is 0 Å². The summed E-state index contributed by atoms with van der Waals surface area (Å²) in [6.07, 6.45) is 9.33. The van der Waals surface area contributed by atoms with Gasteiger partial charge < -0.3 is 24.0 Å². The summed E-state index contributed by atoms with van der Waals surface area (Å²) < 4.78 is 36.0. The van der Waals surface area contributed by atoms with Crippen LogP contribution in [0.5, 0.6) is 5.75 Å². The molecule has 4 unspecified atom stereocenters. The Hall–Kier alpha value is -4.06. The number of urea groups is 1. The van der Waals surface area contributed by atoms with Gasteiger partial charge in [-0.25, -0.2) is 17.9 Å². The summed E-state index contributed by atoms with van der Waals surface area (Å²) >= 11 is 0. The Morgan fingerprint density at radius 3 is 2.30 bits per heavy atom. The highest BCUT2D eigenvalue weighted by Gasteiger charge is 2.64. The number of aromatic nitrogens is 1. The number of piperazine rings is 1. The lowest BCUT2D eigenvalue weighted by Crippen LogP contribution is -2.60. The van der Waals surface area contributed by atoms with E-state index < -0.39 is 26.6 Å². The van der Waals surface area contributed by atoms with Crippen LogP contribution >= 0.6 is 0 Å². The van der Waals surface area contributed by atoms with Gasteiger partial charge in [0.15, 0.2) is 0 Å². The van der Waals surface area contributed by atoms with Gasteiger partial charge in [-0.2, -0.15) is 0 Å². The van der Waals surface area contributed by atoms with Gasteiger partial charge in [-0.15, -0.1) is 0 Å². The van der Waals surface area contributed by atoms with Gasteiger partial charge in [-0.1, -0.05) is 25.3 Å². The van der Waals surface area contributed by atoms with E-state index in [0.717, 1.165) is 72.0 Å². The Balaban J connectivity index is 1.15. The number of methoxy groups -OCH3 is 1. The Kier molecular flexibility index (Phi) is 8.36. The predicted molar refractivity (Wildman–Crippen MR) is 202 cm³/mol. The number of likely N-dealkylation sites (tertiary alicyclic amines) is 1. The zero-order valence-electron chi connectivity index (χ0n) is 31.1. The SMILES string of the molecule is CCN(CC)C(=O)N1C2CCC1CN(C(=O)C13CC1c1cc(OC)ccc1-c1c(C4CCCCC4)c4ccc(C(=O)NS(=O)(=O)C5CC5)cc4n1C3)C2. The fraction of sp³-hybridized carbons (Fsp3) is 0.585. The molecule has 3 aliphatic carbocycles. The predicted octanol–water partition coefficient (Wildman–Crippen LogP) is 6.21. The molecule has 2 aromatic carbocycles. The van der Waals surface area contributed by atoms with Crippen LogP contribution in [0.4, 0.5) is 4.79 Å². The molecule has 11 nitrogen and oxygen atoms in total. The third-order valence-corrected chi connectivity index (χ3v) is 15.3. The summed E-state index contributed by atoms with van der Waals surface area (Å²) in [5.41, 5.74) is 5.10. The number of ether oxygens (including phenoxy) is 1. The molecule has 5 fully saturated rings. The first-order chi connectivity index (χ1) is 25.6. The Morgan fingerprint density at radius 1 is 0.925 bits per heavy atom. The molecule has 4 atom stereocenters. The number of carbonyl (C=O) groups excluding carboxylic acids is 3. The lowest BCUT2D eigenvalue weighted by atomic mass is 9.81. The van der Waals surface area contributed by atoms with Crippen molar-refractivity contribution in [3.63, 3.8) is 0 Å². The molecular formula is C41H51N5O6S. The summed E-state index contributed by atoms with van der Waals surface area (Å²) in [6, 6.07) is 12.0. The monoisotopic (exact) mass is 741 g/mol. The zero-order chi connectivity index (χ0) is 36.8. The maximum Gasteiger partial charge on any atom is 0.320 e. The van der Waals surface area contributed by atoms with E-state index in [4.69, 9.17) is 4.74 Å². The second-order valence-corrected chi connectivity index (χ2v) is 18.4. The second-order valence-electron chi connectivity index (χ2n) is 16.4. The zero-order valence-corrected chi connectivity index (χ0v) is 31.9. The van der Waals surface area contributed by atoms with E-state index in [0.29, 0.717) is 63.5 Å². The summed E-state index contributed by atoms with van der Waals surface area (Å²) in [7, 11) is -2.04. The molecule has 9 rings (SSSR count). The number of sulfonamides is 1. The second kappa shape index (κ2) is 12.8. The highest BCUT2D eigenvalue weighted by molar-refractivity contribution is 7.91. The number of hydrogen-bond donors (Lipinski definition) is 1. The van der Waals surface area contributed by atoms with Crippen molar-refractivity contribution in [1.82, 2.24) is 24.0 Å². The molecule has 12 heteroatoms. The maximum absolute atomic E-state index is 15.2. The minimum atomic E-state index is -3.72. The van der Waals surface area contributed by atoms with E-state index >= 15 is 4.79 Å². The van der Waals surface area contributed by atoms with E-state index in [1.807, 2.05) is 36.9 Å². The van der Waals surface area contributed by atoms with Crippen molar-refractivity contribution in [2.24, 2.45) is 5.41 Å². The van der Waals surface area contributed by atoms with Gasteiger partial charge in [-0.3, -0.25) is 9.59 Å². The number of nitrogens with zero attached hydrogens (tertiary/aromatic N) is 4. The highest BCUT2D eigenvalue weighted by atomic mass is 32.2. The van der Waals surface area contributed by atoms with Crippen LogP contribution in [0, 0.1) is 5.41 Å². The van der Waals surface area contributed by atoms with E-state index in [1.165, 1.54) is 12.0 Å². The molecule has 1 aromatic heterocycles. The number of fused-ring (bicyclic) bond motifs is 9. The first kappa shape index (κ1) is 34.7. The summed E-state index contributed by atoms with van der Waals surface area (Å²) in [5, 5.41) is 0.565. The van der Waals surface area contributed by atoms with Crippen LogP contribution in [0.25, 0.3) is 22.2 Å². The molecule has 0 radical (unpaired) electrons. The molecule has 0 spiro atoms. The van der Waals surface area contributed by atoms with Gasteiger partial charge in [0.05, 0.1) is 35.6 Å². The quantitative estimate of drug-likeness (QED) is 0.293. The minimum Gasteiger partial charge on any atom is -0.497 e. The molecule has 2 saturated heterocycles. The summed E-state index contributed by atoms with van der Waals surface area (Å²) in [5.74, 6) is 0.618. The van der Waals surface area contributed by atoms with Gasteiger partial charge in [0.2, 0.25) is 15.9 Å². The molecule has 282 valence electrons. The topological polar surface area (TPSA) is 121 Å². The van der Waals surface area contributed by atoms with Crippen LogP contribution in [-0.4, -0.2) is 96.2 Å². The van der Waals surface area contributed by atoms with Crippen molar-refractivity contribution in [1.29, 1.82) is 0 Å². The molecule has 53 heavy (non-hydrogen) atoms. The van der Waals surface area contributed by atoms with Gasteiger partial charge in [-0.05, 0) is 106 Å². The lowest BCUT2D eigenvalue weighted by Gasteiger charge is -2.44. The lowest BCUT2D eigenvalue weighted by molar-refractivity contribution is -0.140. The van der Waals surface area contributed by atoms with Crippen molar-refractivity contribution < 1.29 is 27.5 Å². The van der Waals surface area contributed by atoms with Crippen molar-refractivity contribution >= 4 is 38.8 Å². The first-order valence-electron chi connectivity index (χ1n) is 19.9. The fourth-order valence-corrected chi connectivity index (χ4v) is 11.7. The third kappa shape index (κ3) is 5.56. The normalized spacial score (nSPS) is 26.4. The average molecular weight is 742 g/mol. The van der Waals surface area contributed by atoms with Crippen LogP contribution < -0.4 is 9.46 Å². The number of carbonyl (C=O) groups is 3. The number of hydrogen-bond acceptors (Lipinski definition) is 6. The van der Waals surface area contributed by atoms with Crippen molar-refractivity contribution in [3.8, 4) is 17.0 Å². The Morgan fingerprint density at radius 2 is 1.64 bits per heavy atom. The van der Waals surface area contributed by atoms with Crippen molar-refractivity contribution in [3.05, 3.63) is 53.1 Å². The molecule has 3 aliphatic heterocycles. The molecule has 1 N–H and O–H groups in total. The van der Waals surface area contributed by atoms with Crippen LogP contribution in [0.2, 0.25) is 0 Å². The molecular weight excluding hydrogens is 691 g/mol. The van der Waals surface area contributed by atoms with Gasteiger partial charge >= 0.3 is 6.03 Å². The summed E-state index contributed by atoms with van der Waals surface area (Å²) in [6.45, 7) is 6.89. The molecule has 2 bridgehead atoms. The number of nitrogens with one attached hydrogen (secondary N) is 1. The van der Waals surface area contributed by atoms with E-state index in [1.54, 1.807) is 13.2 Å². The minimum absolute atomic E-state index is 0.00240. The molecule has 4 amide bonds. The van der Waals surface area contributed by atoms with Crippen LogP contribution in [0.1, 0.15) is 111 Å². The number of benzene rings is 2. The third-order valence-electron chi connectivity index (χ3n) is 13.4. The van der Waals surface area contributed by atoms with Crippen molar-refractivity contribution in [2.45, 2.75) is 114 Å². The van der Waals surface area contributed by atoms with Gasteiger partial charge in [0.25, 0.3) is 5.91 Å². The molecule has 4 heterocycles. The van der Waals surface area contributed by atoms with Crippen molar-refractivity contribution in [2.75, 3.05) is 33.3 Å². The smallest absolute Gasteiger partial charge is 0.320 e. The van der Waals surface area contributed by atoms with Gasteiger partial charge in [0.1, 0.15) is 5.75 Å². The molecule has 3 saturated carbocycles. The van der Waals surface area contributed by atoms with Crippen LogP contribution in [0.15, 0.2) is 36.4 Å². The average Bonchev–Trinajstić information content (AvgIpc) is 4.09.